The molecule has 1 aliphatic carbocycles. The van der Waals surface area contributed by atoms with Crippen LogP contribution in [0.15, 0.2) is 17.0 Å². The lowest BCUT2D eigenvalue weighted by Gasteiger charge is -2.22. The van der Waals surface area contributed by atoms with Crippen LogP contribution in [0, 0.1) is 6.92 Å². The topological polar surface area (TPSA) is 83.6 Å². The summed E-state index contributed by atoms with van der Waals surface area (Å²) in [4.78, 5) is 0.123. The van der Waals surface area contributed by atoms with E-state index in [4.69, 9.17) is 22.4 Å². The van der Waals surface area contributed by atoms with E-state index >= 15 is 0 Å². The molecular formula is C12H17ClN2O3S. The second kappa shape index (κ2) is 5.28. The van der Waals surface area contributed by atoms with Gasteiger partial charge >= 0.3 is 0 Å². The Kier molecular flexibility index (Phi) is 4.06. The normalized spacial score (nSPS) is 16.0. The molecular weight excluding hydrogens is 288 g/mol. The second-order valence-electron chi connectivity index (χ2n) is 4.69. The quantitative estimate of drug-likeness (QED) is 0.805. The molecule has 0 aromatic heterocycles. The number of sulfonamides is 1. The van der Waals surface area contributed by atoms with Gasteiger partial charge in [-0.3, -0.25) is 0 Å². The Labute approximate surface area is 118 Å². The zero-order valence-electron chi connectivity index (χ0n) is 10.6. The minimum absolute atomic E-state index is 0.0169. The molecule has 0 radical (unpaired) electrons. The molecule has 0 unspecified atom stereocenters. The number of nitrogens with zero attached hydrogens (tertiary/aromatic N) is 1. The van der Waals surface area contributed by atoms with Gasteiger partial charge in [0, 0.05) is 23.3 Å². The Hall–Kier alpha value is -0.820. The lowest BCUT2D eigenvalue weighted by atomic mass is 10.2. The van der Waals surface area contributed by atoms with Crippen LogP contribution in [0.25, 0.3) is 0 Å². The molecule has 0 bridgehead atoms. The third-order valence-electron chi connectivity index (χ3n) is 3.23. The number of rotatable bonds is 5. The molecule has 1 aromatic rings. The number of nitrogens with two attached hydrogens (primary N) is 1. The minimum Gasteiger partial charge on any atom is -0.398 e. The van der Waals surface area contributed by atoms with Crippen molar-refractivity contribution in [3.63, 3.8) is 0 Å². The van der Waals surface area contributed by atoms with Crippen LogP contribution in [-0.2, 0) is 10.0 Å². The van der Waals surface area contributed by atoms with Crippen molar-refractivity contribution in [2.24, 2.45) is 0 Å². The molecule has 0 heterocycles. The molecule has 0 spiro atoms. The third-order valence-corrected chi connectivity index (χ3v) is 5.52. The summed E-state index contributed by atoms with van der Waals surface area (Å²) in [6.45, 7) is 1.55. The van der Waals surface area contributed by atoms with Crippen LogP contribution in [0.1, 0.15) is 18.4 Å². The molecule has 1 fully saturated rings. The van der Waals surface area contributed by atoms with Crippen LogP contribution in [0.5, 0.6) is 0 Å². The van der Waals surface area contributed by atoms with Crippen LogP contribution in [-0.4, -0.2) is 37.0 Å². The summed E-state index contributed by atoms with van der Waals surface area (Å²) in [6.07, 6.45) is 1.66. The van der Waals surface area contributed by atoms with Crippen LogP contribution in [0.4, 0.5) is 5.69 Å². The summed E-state index contributed by atoms with van der Waals surface area (Å²) in [5, 5.41) is 9.34. The van der Waals surface area contributed by atoms with Gasteiger partial charge < -0.3 is 10.8 Å². The summed E-state index contributed by atoms with van der Waals surface area (Å²) in [5.74, 6) is 0. The fraction of sp³-hybridized carbons (Fsp3) is 0.500. The van der Waals surface area contributed by atoms with Gasteiger partial charge in [0.15, 0.2) is 0 Å². The number of hydrogen-bond donors (Lipinski definition) is 2. The molecule has 1 aliphatic rings. The first-order valence-corrected chi connectivity index (χ1v) is 7.88. The Morgan fingerprint density at radius 2 is 2.11 bits per heavy atom. The van der Waals surface area contributed by atoms with Gasteiger partial charge in [-0.1, -0.05) is 11.6 Å². The number of nitrogen functional groups attached to an aromatic ring is 1. The number of hydrogen-bond acceptors (Lipinski definition) is 4. The molecule has 3 N–H and O–H groups in total. The van der Waals surface area contributed by atoms with E-state index in [1.807, 2.05) is 0 Å². The Bertz CT molecular complexity index is 585. The van der Waals surface area contributed by atoms with E-state index in [0.717, 1.165) is 12.8 Å². The first-order valence-electron chi connectivity index (χ1n) is 6.06. The number of benzene rings is 1. The highest BCUT2D eigenvalue weighted by Gasteiger charge is 2.38. The number of aliphatic hydroxyl groups is 1. The van der Waals surface area contributed by atoms with Gasteiger partial charge in [0.1, 0.15) is 0 Å². The zero-order valence-corrected chi connectivity index (χ0v) is 12.2. The monoisotopic (exact) mass is 304 g/mol. The number of halogens is 1. The molecule has 0 saturated heterocycles. The molecule has 5 nitrogen and oxygen atoms in total. The highest BCUT2D eigenvalue weighted by Crippen LogP contribution is 2.34. The van der Waals surface area contributed by atoms with Gasteiger partial charge in [-0.2, -0.15) is 4.31 Å². The maximum Gasteiger partial charge on any atom is 0.243 e. The van der Waals surface area contributed by atoms with Crippen molar-refractivity contribution in [3.05, 3.63) is 22.7 Å². The Morgan fingerprint density at radius 3 is 2.63 bits per heavy atom. The van der Waals surface area contributed by atoms with Gasteiger partial charge in [0.2, 0.25) is 10.0 Å². The first-order chi connectivity index (χ1) is 8.87. The molecule has 1 aromatic carbocycles. The molecule has 106 valence electrons. The molecule has 0 amide bonds. The molecule has 0 aliphatic heterocycles. The number of aliphatic hydroxyl groups excluding tert-OH is 1. The van der Waals surface area contributed by atoms with Crippen molar-refractivity contribution in [1.82, 2.24) is 4.31 Å². The van der Waals surface area contributed by atoms with Crippen molar-refractivity contribution < 1.29 is 13.5 Å². The maximum absolute atomic E-state index is 12.6. The van der Waals surface area contributed by atoms with E-state index < -0.39 is 10.0 Å². The summed E-state index contributed by atoms with van der Waals surface area (Å²) in [7, 11) is -3.67. The summed E-state index contributed by atoms with van der Waals surface area (Å²) < 4.78 is 26.6. The van der Waals surface area contributed by atoms with Crippen LogP contribution in [0.2, 0.25) is 5.02 Å². The largest absolute Gasteiger partial charge is 0.398 e. The fourth-order valence-corrected chi connectivity index (χ4v) is 4.28. The molecule has 2 rings (SSSR count). The van der Waals surface area contributed by atoms with E-state index in [1.165, 1.54) is 16.4 Å². The van der Waals surface area contributed by atoms with Crippen molar-refractivity contribution in [1.29, 1.82) is 0 Å². The lowest BCUT2D eigenvalue weighted by Crippen LogP contribution is -2.36. The standard InChI is InChI=1S/C12H17ClN2O3S/c1-8-11(14)6-9(13)7-12(8)19(17,18)15(4-5-16)10-2-3-10/h6-7,10,16H,2-5,14H2,1H3. The summed E-state index contributed by atoms with van der Waals surface area (Å²) >= 11 is 5.89. The van der Waals surface area contributed by atoms with Crippen LogP contribution in [0.3, 0.4) is 0 Å². The van der Waals surface area contributed by atoms with Crippen molar-refractivity contribution in [3.8, 4) is 0 Å². The van der Waals surface area contributed by atoms with Gasteiger partial charge in [0.05, 0.1) is 11.5 Å². The third kappa shape index (κ3) is 2.86. The summed E-state index contributed by atoms with van der Waals surface area (Å²) in [5.41, 5.74) is 6.61. The SMILES string of the molecule is Cc1c(N)cc(Cl)cc1S(=O)(=O)N(CCO)C1CC1. The number of anilines is 1. The van der Waals surface area contributed by atoms with Crippen LogP contribution < -0.4 is 5.73 Å². The van der Waals surface area contributed by atoms with Gasteiger partial charge in [-0.15, -0.1) is 0 Å². The fourth-order valence-electron chi connectivity index (χ4n) is 2.03. The average Bonchev–Trinajstić information content (AvgIpc) is 3.14. The van der Waals surface area contributed by atoms with Crippen molar-refractivity contribution in [2.45, 2.75) is 30.7 Å². The zero-order chi connectivity index (χ0) is 14.2. The average molecular weight is 305 g/mol. The highest BCUT2D eigenvalue weighted by molar-refractivity contribution is 7.89. The minimum atomic E-state index is -3.67. The molecule has 1 saturated carbocycles. The van der Waals surface area contributed by atoms with E-state index in [9.17, 15) is 8.42 Å². The molecule has 0 atom stereocenters. The van der Waals surface area contributed by atoms with Crippen molar-refractivity contribution in [2.75, 3.05) is 18.9 Å². The first kappa shape index (κ1) is 14.6. The molecule has 19 heavy (non-hydrogen) atoms. The van der Waals surface area contributed by atoms with E-state index in [-0.39, 0.29) is 24.1 Å². The smallest absolute Gasteiger partial charge is 0.243 e. The van der Waals surface area contributed by atoms with Crippen LogP contribution >= 0.6 is 11.6 Å². The van der Waals surface area contributed by atoms with E-state index in [1.54, 1.807) is 6.92 Å². The predicted molar refractivity (Wildman–Crippen MR) is 74.6 cm³/mol. The van der Waals surface area contributed by atoms with Gasteiger partial charge in [0.25, 0.3) is 0 Å². The van der Waals surface area contributed by atoms with Gasteiger partial charge in [-0.05, 0) is 37.5 Å². The van der Waals surface area contributed by atoms with E-state index in [0.29, 0.717) is 16.3 Å². The Morgan fingerprint density at radius 1 is 1.47 bits per heavy atom. The Balaban J connectivity index is 2.49. The maximum atomic E-state index is 12.6. The van der Waals surface area contributed by atoms with E-state index in [2.05, 4.69) is 0 Å². The summed E-state index contributed by atoms with van der Waals surface area (Å²) in [6, 6.07) is 2.93. The lowest BCUT2D eigenvalue weighted by molar-refractivity contribution is 0.250. The second-order valence-corrected chi connectivity index (χ2v) is 6.98. The van der Waals surface area contributed by atoms with Gasteiger partial charge in [-0.25, -0.2) is 8.42 Å². The van der Waals surface area contributed by atoms with Crippen molar-refractivity contribution >= 4 is 27.3 Å². The molecule has 7 heteroatoms. The predicted octanol–water partition coefficient (Wildman–Crippen LogP) is 1.38. The highest BCUT2D eigenvalue weighted by atomic mass is 35.5.